The third kappa shape index (κ3) is 4.38. The van der Waals surface area contributed by atoms with Gasteiger partial charge in [0.1, 0.15) is 12.1 Å². The normalized spacial score (nSPS) is 12.1. The van der Waals surface area contributed by atoms with Crippen molar-refractivity contribution in [2.24, 2.45) is 0 Å². The Balaban J connectivity index is 1.65. The quantitative estimate of drug-likeness (QED) is 0.524. The number of aryl methyl sites for hydroxylation is 1. The zero-order valence-corrected chi connectivity index (χ0v) is 16.4. The molecule has 0 aliphatic carbocycles. The molecule has 0 fully saturated rings. The molecule has 0 aliphatic rings. The van der Waals surface area contributed by atoms with Gasteiger partial charge in [0.2, 0.25) is 0 Å². The minimum atomic E-state index is -0.260. The lowest BCUT2D eigenvalue weighted by atomic mass is 10.1. The molecule has 0 amide bonds. The summed E-state index contributed by atoms with van der Waals surface area (Å²) in [6.07, 6.45) is 5.30. The van der Waals surface area contributed by atoms with E-state index in [1.807, 2.05) is 29.1 Å². The van der Waals surface area contributed by atoms with Crippen molar-refractivity contribution in [3.8, 4) is 16.9 Å². The van der Waals surface area contributed by atoms with E-state index in [1.165, 1.54) is 17.7 Å². The number of benzene rings is 2. The second-order valence-corrected chi connectivity index (χ2v) is 7.03. The van der Waals surface area contributed by atoms with Crippen molar-refractivity contribution >= 4 is 0 Å². The highest BCUT2D eigenvalue weighted by molar-refractivity contribution is 5.63. The zero-order chi connectivity index (χ0) is 20.2. The summed E-state index contributed by atoms with van der Waals surface area (Å²) in [5.74, 6) is -0.260. The standard InChI is InChI=1S/C23H22FN5/c1-16-3-9-21(10-4-16)29-14-19(13-26-17(2)22-11-12-25-15-27-22)23(28-29)18-5-7-20(24)8-6-18/h3-12,14-15,17,26H,13H2,1-2H3. The highest BCUT2D eigenvalue weighted by Crippen LogP contribution is 2.25. The molecule has 0 spiro atoms. The molecule has 4 aromatic rings. The van der Waals surface area contributed by atoms with Gasteiger partial charge < -0.3 is 5.32 Å². The van der Waals surface area contributed by atoms with Crippen LogP contribution in [0.1, 0.15) is 29.8 Å². The smallest absolute Gasteiger partial charge is 0.123 e. The average Bonchev–Trinajstić information content (AvgIpc) is 3.18. The second-order valence-electron chi connectivity index (χ2n) is 7.03. The predicted octanol–water partition coefficient (Wildman–Crippen LogP) is 4.63. The van der Waals surface area contributed by atoms with Crippen molar-refractivity contribution < 1.29 is 4.39 Å². The summed E-state index contributed by atoms with van der Waals surface area (Å²) in [5, 5.41) is 8.28. The van der Waals surface area contributed by atoms with Gasteiger partial charge in [-0.15, -0.1) is 0 Å². The molecule has 1 N–H and O–H groups in total. The molecular formula is C23H22FN5. The fraction of sp³-hybridized carbons (Fsp3) is 0.174. The van der Waals surface area contributed by atoms with Crippen LogP contribution >= 0.6 is 0 Å². The first-order valence-electron chi connectivity index (χ1n) is 9.51. The first kappa shape index (κ1) is 19.0. The summed E-state index contributed by atoms with van der Waals surface area (Å²) in [4.78, 5) is 8.27. The topological polar surface area (TPSA) is 55.6 Å². The van der Waals surface area contributed by atoms with Crippen LogP contribution in [0.2, 0.25) is 0 Å². The van der Waals surface area contributed by atoms with Gasteiger partial charge in [0.25, 0.3) is 0 Å². The Kier molecular flexibility index (Phi) is 5.44. The summed E-state index contributed by atoms with van der Waals surface area (Å²) < 4.78 is 15.3. The van der Waals surface area contributed by atoms with Crippen LogP contribution < -0.4 is 5.32 Å². The molecule has 1 unspecified atom stereocenters. The minimum Gasteiger partial charge on any atom is -0.305 e. The highest BCUT2D eigenvalue weighted by atomic mass is 19.1. The number of aromatic nitrogens is 4. The van der Waals surface area contributed by atoms with E-state index in [4.69, 9.17) is 5.10 Å². The Morgan fingerprint density at radius 1 is 1.03 bits per heavy atom. The molecule has 0 bridgehead atoms. The van der Waals surface area contributed by atoms with Crippen molar-refractivity contribution in [2.45, 2.75) is 26.4 Å². The van der Waals surface area contributed by atoms with Gasteiger partial charge in [-0.3, -0.25) is 0 Å². The largest absolute Gasteiger partial charge is 0.305 e. The second kappa shape index (κ2) is 8.32. The van der Waals surface area contributed by atoms with Crippen LogP contribution in [0.3, 0.4) is 0 Å². The summed E-state index contributed by atoms with van der Waals surface area (Å²) >= 11 is 0. The van der Waals surface area contributed by atoms with Gasteiger partial charge in [0, 0.05) is 36.1 Å². The van der Waals surface area contributed by atoms with Crippen LogP contribution in [-0.2, 0) is 6.54 Å². The monoisotopic (exact) mass is 387 g/mol. The molecule has 1 atom stereocenters. The van der Waals surface area contributed by atoms with Gasteiger partial charge in [-0.05, 0) is 56.3 Å². The van der Waals surface area contributed by atoms with E-state index in [0.717, 1.165) is 28.2 Å². The van der Waals surface area contributed by atoms with Gasteiger partial charge in [-0.1, -0.05) is 17.7 Å². The molecule has 0 aliphatic heterocycles. The fourth-order valence-corrected chi connectivity index (χ4v) is 3.14. The highest BCUT2D eigenvalue weighted by Gasteiger charge is 2.14. The van der Waals surface area contributed by atoms with E-state index in [9.17, 15) is 4.39 Å². The Hall–Kier alpha value is -3.38. The van der Waals surface area contributed by atoms with Crippen LogP contribution in [0.15, 0.2) is 73.3 Å². The zero-order valence-electron chi connectivity index (χ0n) is 16.4. The Bertz CT molecular complexity index is 1070. The predicted molar refractivity (Wildman–Crippen MR) is 111 cm³/mol. The molecule has 29 heavy (non-hydrogen) atoms. The van der Waals surface area contributed by atoms with Gasteiger partial charge in [0.05, 0.1) is 17.1 Å². The first-order chi connectivity index (χ1) is 14.1. The molecule has 2 aromatic carbocycles. The van der Waals surface area contributed by atoms with Crippen molar-refractivity contribution in [3.05, 3.63) is 96.0 Å². The van der Waals surface area contributed by atoms with Crippen LogP contribution in [0, 0.1) is 12.7 Å². The molecule has 146 valence electrons. The summed E-state index contributed by atoms with van der Waals surface area (Å²) in [7, 11) is 0. The molecular weight excluding hydrogens is 365 g/mol. The van der Waals surface area contributed by atoms with Gasteiger partial charge >= 0.3 is 0 Å². The molecule has 5 nitrogen and oxygen atoms in total. The van der Waals surface area contributed by atoms with E-state index < -0.39 is 0 Å². The SMILES string of the molecule is Cc1ccc(-n2cc(CNC(C)c3ccncn3)c(-c3ccc(F)cc3)n2)cc1. The lowest BCUT2D eigenvalue weighted by Crippen LogP contribution is -2.19. The summed E-state index contributed by atoms with van der Waals surface area (Å²) in [6.45, 7) is 4.72. The lowest BCUT2D eigenvalue weighted by molar-refractivity contribution is 0.560. The van der Waals surface area contributed by atoms with E-state index in [1.54, 1.807) is 24.7 Å². The average molecular weight is 387 g/mol. The molecule has 4 rings (SSSR count). The molecule has 2 aromatic heterocycles. The van der Waals surface area contributed by atoms with Crippen LogP contribution in [0.4, 0.5) is 4.39 Å². The maximum atomic E-state index is 13.4. The van der Waals surface area contributed by atoms with Crippen LogP contribution in [-0.4, -0.2) is 19.7 Å². The Morgan fingerprint density at radius 2 is 1.79 bits per heavy atom. The third-order valence-corrected chi connectivity index (χ3v) is 4.85. The number of rotatable bonds is 6. The number of halogens is 1. The molecule has 2 heterocycles. The van der Waals surface area contributed by atoms with Crippen molar-refractivity contribution in [1.29, 1.82) is 0 Å². The van der Waals surface area contributed by atoms with E-state index in [2.05, 4.69) is 41.3 Å². The van der Waals surface area contributed by atoms with Crippen molar-refractivity contribution in [1.82, 2.24) is 25.1 Å². The first-order valence-corrected chi connectivity index (χ1v) is 9.51. The maximum Gasteiger partial charge on any atom is 0.123 e. The third-order valence-electron chi connectivity index (χ3n) is 4.85. The maximum absolute atomic E-state index is 13.4. The van der Waals surface area contributed by atoms with Gasteiger partial charge in [-0.25, -0.2) is 19.0 Å². The fourth-order valence-electron chi connectivity index (χ4n) is 3.14. The lowest BCUT2D eigenvalue weighted by Gasteiger charge is -2.12. The summed E-state index contributed by atoms with van der Waals surface area (Å²) in [6, 6.07) is 16.6. The van der Waals surface area contributed by atoms with E-state index >= 15 is 0 Å². The molecule has 6 heteroatoms. The number of nitrogens with one attached hydrogen (secondary N) is 1. The van der Waals surface area contributed by atoms with Crippen molar-refractivity contribution in [2.75, 3.05) is 0 Å². The van der Waals surface area contributed by atoms with E-state index in [-0.39, 0.29) is 11.9 Å². The molecule has 0 saturated carbocycles. The number of nitrogens with zero attached hydrogens (tertiary/aromatic N) is 4. The van der Waals surface area contributed by atoms with Crippen LogP contribution in [0.25, 0.3) is 16.9 Å². The van der Waals surface area contributed by atoms with Gasteiger partial charge in [0.15, 0.2) is 0 Å². The van der Waals surface area contributed by atoms with Crippen LogP contribution in [0.5, 0.6) is 0 Å². The molecule has 0 saturated heterocycles. The minimum absolute atomic E-state index is 0.0572. The number of hydrogen-bond donors (Lipinski definition) is 1. The Morgan fingerprint density at radius 3 is 2.48 bits per heavy atom. The Labute approximate surface area is 169 Å². The van der Waals surface area contributed by atoms with Gasteiger partial charge in [-0.2, -0.15) is 5.10 Å². The number of hydrogen-bond acceptors (Lipinski definition) is 4. The molecule has 0 radical (unpaired) electrons. The summed E-state index contributed by atoms with van der Waals surface area (Å²) in [5.41, 5.74) is 5.83. The van der Waals surface area contributed by atoms with E-state index in [0.29, 0.717) is 6.54 Å². The van der Waals surface area contributed by atoms with Crippen molar-refractivity contribution in [3.63, 3.8) is 0 Å².